The zero-order valence-corrected chi connectivity index (χ0v) is 10.9. The fourth-order valence-electron chi connectivity index (χ4n) is 2.85. The van der Waals surface area contributed by atoms with Crippen LogP contribution in [0.3, 0.4) is 0 Å². The van der Waals surface area contributed by atoms with Crippen molar-refractivity contribution in [1.29, 1.82) is 0 Å². The zero-order valence-electron chi connectivity index (χ0n) is 10.9. The zero-order chi connectivity index (χ0) is 12.8. The van der Waals surface area contributed by atoms with Crippen LogP contribution in [0.5, 0.6) is 0 Å². The van der Waals surface area contributed by atoms with E-state index in [0.717, 1.165) is 38.5 Å². The lowest BCUT2D eigenvalue weighted by Gasteiger charge is -2.28. The molecule has 0 aromatic heterocycles. The van der Waals surface area contributed by atoms with E-state index in [9.17, 15) is 4.79 Å². The summed E-state index contributed by atoms with van der Waals surface area (Å²) < 4.78 is 0. The normalized spacial score (nSPS) is 29.2. The molecule has 0 spiro atoms. The van der Waals surface area contributed by atoms with Gasteiger partial charge in [0.1, 0.15) is 0 Å². The molecule has 5 heteroatoms. The van der Waals surface area contributed by atoms with Crippen LogP contribution in [0.2, 0.25) is 0 Å². The van der Waals surface area contributed by atoms with Crippen LogP contribution in [0.25, 0.3) is 0 Å². The second-order valence-electron chi connectivity index (χ2n) is 5.50. The Morgan fingerprint density at radius 3 is 2.39 bits per heavy atom. The Bertz CT molecular complexity index is 259. The van der Waals surface area contributed by atoms with Crippen LogP contribution in [0.4, 0.5) is 4.79 Å². The lowest BCUT2D eigenvalue weighted by molar-refractivity contribution is -0.000839. The van der Waals surface area contributed by atoms with Crippen molar-refractivity contribution in [2.45, 2.75) is 63.5 Å². The highest BCUT2D eigenvalue weighted by Gasteiger charge is 2.22. The number of hydroxylamine groups is 1. The lowest BCUT2D eigenvalue weighted by Crippen LogP contribution is -2.44. The molecular formula is C13H24N2O3. The molecule has 0 bridgehead atoms. The van der Waals surface area contributed by atoms with Crippen molar-refractivity contribution in [3.05, 3.63) is 0 Å². The first-order valence-electron chi connectivity index (χ1n) is 7.11. The predicted octanol–water partition coefficient (Wildman–Crippen LogP) is 1.71. The SMILES string of the molecule is O=C(NOC1CCCC1)NC1CCC(CO)CC1. The summed E-state index contributed by atoms with van der Waals surface area (Å²) in [4.78, 5) is 17.0. The average molecular weight is 256 g/mol. The van der Waals surface area contributed by atoms with Gasteiger partial charge in [0.2, 0.25) is 0 Å². The maximum Gasteiger partial charge on any atom is 0.338 e. The summed E-state index contributed by atoms with van der Waals surface area (Å²) in [7, 11) is 0. The van der Waals surface area contributed by atoms with Gasteiger partial charge in [0.05, 0.1) is 6.10 Å². The molecule has 2 aliphatic carbocycles. The van der Waals surface area contributed by atoms with E-state index < -0.39 is 0 Å². The highest BCUT2D eigenvalue weighted by Crippen LogP contribution is 2.23. The molecule has 0 aliphatic heterocycles. The number of amides is 2. The van der Waals surface area contributed by atoms with Gasteiger partial charge < -0.3 is 10.4 Å². The summed E-state index contributed by atoms with van der Waals surface area (Å²) in [5.74, 6) is 0.417. The van der Waals surface area contributed by atoms with E-state index in [0.29, 0.717) is 5.92 Å². The molecule has 2 fully saturated rings. The maximum absolute atomic E-state index is 11.6. The van der Waals surface area contributed by atoms with Crippen molar-refractivity contribution in [3.63, 3.8) is 0 Å². The molecule has 5 nitrogen and oxygen atoms in total. The predicted molar refractivity (Wildman–Crippen MR) is 67.8 cm³/mol. The molecule has 0 radical (unpaired) electrons. The largest absolute Gasteiger partial charge is 0.396 e. The monoisotopic (exact) mass is 256 g/mol. The van der Waals surface area contributed by atoms with Gasteiger partial charge in [-0.2, -0.15) is 0 Å². The van der Waals surface area contributed by atoms with Gasteiger partial charge in [-0.1, -0.05) is 12.8 Å². The third kappa shape index (κ3) is 4.14. The first-order chi connectivity index (χ1) is 8.78. The van der Waals surface area contributed by atoms with Crippen molar-refractivity contribution in [1.82, 2.24) is 10.8 Å². The lowest BCUT2D eigenvalue weighted by atomic mass is 9.87. The van der Waals surface area contributed by atoms with Crippen LogP contribution in [0.15, 0.2) is 0 Å². The van der Waals surface area contributed by atoms with E-state index in [2.05, 4.69) is 10.8 Å². The fraction of sp³-hybridized carbons (Fsp3) is 0.923. The molecular weight excluding hydrogens is 232 g/mol. The summed E-state index contributed by atoms with van der Waals surface area (Å²) >= 11 is 0. The van der Waals surface area contributed by atoms with E-state index >= 15 is 0 Å². The van der Waals surface area contributed by atoms with E-state index in [4.69, 9.17) is 9.94 Å². The van der Waals surface area contributed by atoms with Gasteiger partial charge in [0.15, 0.2) is 0 Å². The standard InChI is InChI=1S/C13H24N2O3/c16-9-10-5-7-11(8-6-10)14-13(17)15-18-12-3-1-2-4-12/h10-12,16H,1-9H2,(H2,14,15,17). The minimum atomic E-state index is -0.227. The molecule has 0 heterocycles. The first kappa shape index (κ1) is 13.6. The van der Waals surface area contributed by atoms with Crippen LogP contribution in [0, 0.1) is 5.92 Å². The number of aliphatic hydroxyl groups is 1. The smallest absolute Gasteiger partial charge is 0.338 e. The summed E-state index contributed by atoms with van der Waals surface area (Å²) in [5.41, 5.74) is 2.50. The maximum atomic E-state index is 11.6. The van der Waals surface area contributed by atoms with Gasteiger partial charge in [-0.25, -0.2) is 10.3 Å². The third-order valence-corrected chi connectivity index (χ3v) is 4.06. The molecule has 2 aliphatic rings. The Hall–Kier alpha value is -0.810. The van der Waals surface area contributed by atoms with Gasteiger partial charge in [0.25, 0.3) is 0 Å². The minimum absolute atomic E-state index is 0.195. The quantitative estimate of drug-likeness (QED) is 0.671. The van der Waals surface area contributed by atoms with E-state index in [-0.39, 0.29) is 24.8 Å². The van der Waals surface area contributed by atoms with Crippen LogP contribution in [-0.2, 0) is 4.84 Å². The van der Waals surface area contributed by atoms with Crippen molar-refractivity contribution >= 4 is 6.03 Å². The Morgan fingerprint density at radius 2 is 1.78 bits per heavy atom. The van der Waals surface area contributed by atoms with Gasteiger partial charge in [-0.15, -0.1) is 0 Å². The number of hydrogen-bond acceptors (Lipinski definition) is 3. The molecule has 2 saturated carbocycles. The van der Waals surface area contributed by atoms with E-state index in [1.165, 1.54) is 12.8 Å². The molecule has 18 heavy (non-hydrogen) atoms. The fourth-order valence-corrected chi connectivity index (χ4v) is 2.85. The summed E-state index contributed by atoms with van der Waals surface area (Å²) in [6.45, 7) is 0.268. The number of carbonyl (C=O) groups is 1. The Morgan fingerprint density at radius 1 is 1.11 bits per heavy atom. The molecule has 2 rings (SSSR count). The summed E-state index contributed by atoms with van der Waals surface area (Å²) in [5, 5.41) is 12.0. The van der Waals surface area contributed by atoms with Crippen molar-refractivity contribution in [3.8, 4) is 0 Å². The summed E-state index contributed by atoms with van der Waals surface area (Å²) in [6, 6.07) is -0.00525. The Balaban J connectivity index is 1.59. The number of hydrogen-bond donors (Lipinski definition) is 3. The molecule has 0 aromatic rings. The number of urea groups is 1. The molecule has 0 saturated heterocycles. The van der Waals surface area contributed by atoms with Gasteiger partial charge in [-0.05, 0) is 44.4 Å². The van der Waals surface area contributed by atoms with Crippen molar-refractivity contribution in [2.75, 3.05) is 6.61 Å². The van der Waals surface area contributed by atoms with Crippen LogP contribution >= 0.6 is 0 Å². The molecule has 0 unspecified atom stereocenters. The first-order valence-corrected chi connectivity index (χ1v) is 7.11. The number of rotatable bonds is 4. The highest BCUT2D eigenvalue weighted by molar-refractivity contribution is 5.73. The number of carbonyl (C=O) groups excluding carboxylic acids is 1. The topological polar surface area (TPSA) is 70.6 Å². The van der Waals surface area contributed by atoms with Crippen molar-refractivity contribution < 1.29 is 14.7 Å². The van der Waals surface area contributed by atoms with Gasteiger partial charge in [0, 0.05) is 12.6 Å². The Labute approximate surface area is 108 Å². The second kappa shape index (κ2) is 6.95. The molecule has 104 valence electrons. The second-order valence-corrected chi connectivity index (χ2v) is 5.50. The summed E-state index contributed by atoms with van der Waals surface area (Å²) in [6.07, 6.45) is 8.54. The van der Waals surface area contributed by atoms with E-state index in [1.807, 2.05) is 0 Å². The third-order valence-electron chi connectivity index (χ3n) is 4.06. The van der Waals surface area contributed by atoms with Crippen molar-refractivity contribution in [2.24, 2.45) is 5.92 Å². The highest BCUT2D eigenvalue weighted by atomic mass is 16.7. The van der Waals surface area contributed by atoms with Gasteiger partial charge >= 0.3 is 6.03 Å². The van der Waals surface area contributed by atoms with Crippen LogP contribution in [0.1, 0.15) is 51.4 Å². The Kier molecular flexibility index (Phi) is 5.26. The van der Waals surface area contributed by atoms with Crippen LogP contribution < -0.4 is 10.8 Å². The van der Waals surface area contributed by atoms with Crippen LogP contribution in [-0.4, -0.2) is 29.9 Å². The molecule has 3 N–H and O–H groups in total. The molecule has 0 aromatic carbocycles. The minimum Gasteiger partial charge on any atom is -0.396 e. The van der Waals surface area contributed by atoms with Gasteiger partial charge in [-0.3, -0.25) is 4.84 Å². The molecule has 0 atom stereocenters. The van der Waals surface area contributed by atoms with E-state index in [1.54, 1.807) is 0 Å². The number of nitrogens with one attached hydrogen (secondary N) is 2. The number of aliphatic hydroxyl groups excluding tert-OH is 1. The average Bonchev–Trinajstić information content (AvgIpc) is 2.90. The molecule has 2 amide bonds.